The van der Waals surface area contributed by atoms with Gasteiger partial charge < -0.3 is 9.80 Å². The molecule has 2 rings (SSSR count). The second kappa shape index (κ2) is 6.55. The van der Waals surface area contributed by atoms with Crippen LogP contribution in [0.1, 0.15) is 51.9 Å². The van der Waals surface area contributed by atoms with Gasteiger partial charge in [-0.3, -0.25) is 5.41 Å². The molecular formula is C15H29N3. The van der Waals surface area contributed by atoms with E-state index in [0.717, 1.165) is 18.9 Å². The summed E-state index contributed by atoms with van der Waals surface area (Å²) in [5.74, 6) is 1.51. The topological polar surface area (TPSA) is 30.3 Å². The highest BCUT2D eigenvalue weighted by Gasteiger charge is 2.28. The molecule has 2 fully saturated rings. The van der Waals surface area contributed by atoms with E-state index in [0.29, 0.717) is 12.0 Å². The summed E-state index contributed by atoms with van der Waals surface area (Å²) >= 11 is 0. The molecule has 1 aliphatic heterocycles. The molecule has 2 aliphatic rings. The summed E-state index contributed by atoms with van der Waals surface area (Å²) < 4.78 is 0. The molecule has 3 nitrogen and oxygen atoms in total. The lowest BCUT2D eigenvalue weighted by Gasteiger charge is -2.36. The Bertz CT molecular complexity index is 271. The third kappa shape index (κ3) is 3.25. The zero-order valence-corrected chi connectivity index (χ0v) is 12.1. The maximum Gasteiger partial charge on any atom is 0.0992 e. The van der Waals surface area contributed by atoms with Crippen molar-refractivity contribution in [3.63, 3.8) is 0 Å². The van der Waals surface area contributed by atoms with Gasteiger partial charge in [0.05, 0.1) is 5.84 Å². The highest BCUT2D eigenvalue weighted by atomic mass is 15.3. The van der Waals surface area contributed by atoms with E-state index in [-0.39, 0.29) is 0 Å². The molecule has 104 valence electrons. The summed E-state index contributed by atoms with van der Waals surface area (Å²) in [6.07, 6.45) is 8.92. The molecule has 1 unspecified atom stereocenters. The van der Waals surface area contributed by atoms with E-state index in [1.54, 1.807) is 0 Å². The van der Waals surface area contributed by atoms with Crippen LogP contribution in [0.4, 0.5) is 0 Å². The number of nitrogens with zero attached hydrogens (tertiary/aromatic N) is 2. The largest absolute Gasteiger partial charge is 0.356 e. The number of hydrogen-bond donors (Lipinski definition) is 1. The molecule has 1 aliphatic carbocycles. The minimum absolute atomic E-state index is 0.552. The normalized spacial score (nSPS) is 28.1. The van der Waals surface area contributed by atoms with Gasteiger partial charge in [0.25, 0.3) is 0 Å². The van der Waals surface area contributed by atoms with E-state index in [9.17, 15) is 0 Å². The van der Waals surface area contributed by atoms with Gasteiger partial charge in [-0.25, -0.2) is 0 Å². The fourth-order valence-electron chi connectivity index (χ4n) is 3.52. The van der Waals surface area contributed by atoms with Crippen molar-refractivity contribution in [3.05, 3.63) is 0 Å². The minimum atomic E-state index is 0.552. The number of hydrogen-bond acceptors (Lipinski definition) is 2. The van der Waals surface area contributed by atoms with E-state index in [1.165, 1.54) is 51.5 Å². The van der Waals surface area contributed by atoms with Gasteiger partial charge in [0.15, 0.2) is 0 Å². The first-order valence-corrected chi connectivity index (χ1v) is 7.76. The molecule has 0 bridgehead atoms. The zero-order valence-electron chi connectivity index (χ0n) is 12.1. The van der Waals surface area contributed by atoms with Crippen LogP contribution in [-0.4, -0.2) is 48.4 Å². The van der Waals surface area contributed by atoms with Crippen LogP contribution in [0.3, 0.4) is 0 Å². The Hall–Kier alpha value is -0.570. The van der Waals surface area contributed by atoms with Crippen LogP contribution in [0, 0.1) is 11.3 Å². The second-order valence-electron chi connectivity index (χ2n) is 6.09. The Kier molecular flexibility index (Phi) is 5.04. The van der Waals surface area contributed by atoms with Crippen LogP contribution in [-0.2, 0) is 0 Å². The van der Waals surface area contributed by atoms with Crippen molar-refractivity contribution in [1.82, 2.24) is 9.80 Å². The van der Waals surface area contributed by atoms with Gasteiger partial charge in [-0.1, -0.05) is 26.2 Å². The van der Waals surface area contributed by atoms with E-state index < -0.39 is 0 Å². The first kappa shape index (κ1) is 13.9. The lowest BCUT2D eigenvalue weighted by atomic mass is 9.87. The van der Waals surface area contributed by atoms with E-state index in [1.807, 2.05) is 0 Å². The van der Waals surface area contributed by atoms with Gasteiger partial charge in [-0.2, -0.15) is 0 Å². The summed E-state index contributed by atoms with van der Waals surface area (Å²) in [6.45, 7) is 5.68. The Morgan fingerprint density at radius 3 is 2.50 bits per heavy atom. The first-order valence-electron chi connectivity index (χ1n) is 7.76. The molecule has 1 atom stereocenters. The van der Waals surface area contributed by atoms with Crippen molar-refractivity contribution in [3.8, 4) is 0 Å². The van der Waals surface area contributed by atoms with Crippen LogP contribution < -0.4 is 0 Å². The molecule has 0 amide bonds. The highest BCUT2D eigenvalue weighted by Crippen LogP contribution is 2.27. The molecule has 3 heteroatoms. The molecule has 1 heterocycles. The lowest BCUT2D eigenvalue weighted by molar-refractivity contribution is 0.249. The van der Waals surface area contributed by atoms with Crippen LogP contribution in [0.15, 0.2) is 0 Å². The fraction of sp³-hybridized carbons (Fsp3) is 0.933. The van der Waals surface area contributed by atoms with Gasteiger partial charge in [-0.05, 0) is 39.3 Å². The average Bonchev–Trinajstić information content (AvgIpc) is 2.60. The minimum Gasteiger partial charge on any atom is -0.356 e. The SMILES string of the molecule is CCC1CN(C)CCCN1C(=N)C1CCCCC1. The maximum atomic E-state index is 8.58. The van der Waals surface area contributed by atoms with Gasteiger partial charge in [0.1, 0.15) is 0 Å². The lowest BCUT2D eigenvalue weighted by Crippen LogP contribution is -2.46. The third-order valence-corrected chi connectivity index (χ3v) is 4.67. The first-order chi connectivity index (χ1) is 8.72. The molecule has 0 radical (unpaired) electrons. The van der Waals surface area contributed by atoms with E-state index in [4.69, 9.17) is 5.41 Å². The van der Waals surface area contributed by atoms with Gasteiger partial charge in [-0.15, -0.1) is 0 Å². The third-order valence-electron chi connectivity index (χ3n) is 4.67. The average molecular weight is 251 g/mol. The van der Waals surface area contributed by atoms with E-state index >= 15 is 0 Å². The molecule has 0 aromatic heterocycles. The van der Waals surface area contributed by atoms with Crippen LogP contribution in [0.5, 0.6) is 0 Å². The molecule has 0 spiro atoms. The van der Waals surface area contributed by atoms with E-state index in [2.05, 4.69) is 23.8 Å². The highest BCUT2D eigenvalue weighted by molar-refractivity contribution is 5.82. The second-order valence-corrected chi connectivity index (χ2v) is 6.09. The summed E-state index contributed by atoms with van der Waals surface area (Å²) in [5.41, 5.74) is 0. The molecule has 18 heavy (non-hydrogen) atoms. The Morgan fingerprint density at radius 1 is 1.11 bits per heavy atom. The molecule has 1 saturated heterocycles. The monoisotopic (exact) mass is 251 g/mol. The summed E-state index contributed by atoms with van der Waals surface area (Å²) in [5, 5.41) is 8.58. The Morgan fingerprint density at radius 2 is 1.83 bits per heavy atom. The smallest absolute Gasteiger partial charge is 0.0992 e. The number of likely N-dealkylation sites (N-methyl/N-ethyl adjacent to an activating group) is 1. The molecule has 1 saturated carbocycles. The van der Waals surface area contributed by atoms with Crippen molar-refractivity contribution in [2.45, 2.75) is 57.9 Å². The summed E-state index contributed by atoms with van der Waals surface area (Å²) in [7, 11) is 2.22. The predicted molar refractivity (Wildman–Crippen MR) is 77.2 cm³/mol. The summed E-state index contributed by atoms with van der Waals surface area (Å²) in [4.78, 5) is 4.86. The van der Waals surface area contributed by atoms with Gasteiger partial charge in [0, 0.05) is 25.0 Å². The molecule has 0 aromatic carbocycles. The zero-order chi connectivity index (χ0) is 13.0. The maximum absolute atomic E-state index is 8.58. The molecule has 1 N–H and O–H groups in total. The van der Waals surface area contributed by atoms with Crippen LogP contribution >= 0.6 is 0 Å². The molecule has 0 aromatic rings. The van der Waals surface area contributed by atoms with Crippen LogP contribution in [0.2, 0.25) is 0 Å². The van der Waals surface area contributed by atoms with Gasteiger partial charge >= 0.3 is 0 Å². The number of nitrogens with one attached hydrogen (secondary N) is 1. The Balaban J connectivity index is 2.01. The predicted octanol–water partition coefficient (Wildman–Crippen LogP) is 2.96. The summed E-state index contributed by atoms with van der Waals surface area (Å²) in [6, 6.07) is 0.562. The van der Waals surface area contributed by atoms with Crippen molar-refractivity contribution in [2.24, 2.45) is 5.92 Å². The van der Waals surface area contributed by atoms with Gasteiger partial charge in [0.2, 0.25) is 0 Å². The quantitative estimate of drug-likeness (QED) is 0.604. The van der Waals surface area contributed by atoms with Crippen LogP contribution in [0.25, 0.3) is 0 Å². The standard InChI is InChI=1S/C15H29N3/c1-3-14-12-17(2)10-7-11-18(14)15(16)13-8-5-4-6-9-13/h13-14,16H,3-12H2,1-2H3. The fourth-order valence-corrected chi connectivity index (χ4v) is 3.52. The number of amidine groups is 1. The van der Waals surface area contributed by atoms with Crippen molar-refractivity contribution in [1.29, 1.82) is 5.41 Å². The van der Waals surface area contributed by atoms with Crippen molar-refractivity contribution in [2.75, 3.05) is 26.7 Å². The van der Waals surface area contributed by atoms with Crippen molar-refractivity contribution >= 4 is 5.84 Å². The number of rotatable bonds is 2. The Labute approximate surface area is 112 Å². The van der Waals surface area contributed by atoms with Crippen molar-refractivity contribution < 1.29 is 0 Å². The molecular weight excluding hydrogens is 222 g/mol.